The zero-order chi connectivity index (χ0) is 23.2. The van der Waals surface area contributed by atoms with Crippen LogP contribution in [0.1, 0.15) is 84.0 Å². The molecule has 0 aromatic rings. The average Bonchev–Trinajstić information content (AvgIpc) is 3.17. The van der Waals surface area contributed by atoms with Gasteiger partial charge in [0.05, 0.1) is 19.3 Å². The van der Waals surface area contributed by atoms with Gasteiger partial charge in [0.25, 0.3) is 0 Å². The van der Waals surface area contributed by atoms with E-state index < -0.39 is 18.2 Å². The van der Waals surface area contributed by atoms with E-state index in [1.54, 1.807) is 12.2 Å². The molecule has 2 rings (SSSR count). The molecule has 1 heterocycles. The number of hydrogen-bond acceptors (Lipinski definition) is 5. The Kier molecular flexibility index (Phi) is 13.1. The van der Waals surface area contributed by atoms with Crippen molar-refractivity contribution in [2.45, 2.75) is 109 Å². The maximum absolute atomic E-state index is 15.0. The molecule has 6 heteroatoms. The lowest BCUT2D eigenvalue weighted by Gasteiger charge is -2.27. The van der Waals surface area contributed by atoms with E-state index in [1.807, 2.05) is 0 Å². The summed E-state index contributed by atoms with van der Waals surface area (Å²) in [7, 11) is 1.37. The quantitative estimate of drug-likeness (QED) is 0.208. The van der Waals surface area contributed by atoms with Crippen LogP contribution in [0.15, 0.2) is 24.3 Å². The Morgan fingerprint density at radius 2 is 2.03 bits per heavy atom. The van der Waals surface area contributed by atoms with E-state index in [0.717, 1.165) is 58.0 Å². The maximum atomic E-state index is 15.0. The fourth-order valence-corrected chi connectivity index (χ4v) is 4.61. The highest BCUT2D eigenvalue weighted by atomic mass is 19.1. The van der Waals surface area contributed by atoms with Crippen molar-refractivity contribution in [1.82, 2.24) is 0 Å². The zero-order valence-corrected chi connectivity index (χ0v) is 19.9. The van der Waals surface area contributed by atoms with Gasteiger partial charge in [-0.25, -0.2) is 4.39 Å². The molecule has 32 heavy (non-hydrogen) atoms. The highest BCUT2D eigenvalue weighted by Gasteiger charge is 2.38. The number of halogens is 1. The summed E-state index contributed by atoms with van der Waals surface area (Å²) in [5.74, 6) is -0.699. The maximum Gasteiger partial charge on any atom is 0.305 e. The Morgan fingerprint density at radius 1 is 1.19 bits per heavy atom. The third-order valence-electron chi connectivity index (χ3n) is 6.53. The number of carbonyl (C=O) groups is 1. The Bertz CT molecular complexity index is 573. The molecule has 5 nitrogen and oxygen atoms in total. The Balaban J connectivity index is 1.91. The number of aliphatic hydroxyl groups excluding tert-OH is 1. The van der Waals surface area contributed by atoms with Gasteiger partial charge in [-0.05, 0) is 57.3 Å². The molecule has 6 atom stereocenters. The number of esters is 1. The highest BCUT2D eigenvalue weighted by molar-refractivity contribution is 5.69. The predicted octanol–water partition coefficient (Wildman–Crippen LogP) is 5.66. The number of alkyl halides is 1. The summed E-state index contributed by atoms with van der Waals surface area (Å²) >= 11 is 0. The number of carbonyl (C=O) groups excluding carboxylic acids is 1. The van der Waals surface area contributed by atoms with Crippen LogP contribution in [0, 0.1) is 11.8 Å². The van der Waals surface area contributed by atoms with Crippen molar-refractivity contribution in [1.29, 1.82) is 0 Å². The molecule has 2 aliphatic rings. The summed E-state index contributed by atoms with van der Waals surface area (Å²) in [6.07, 6.45) is 15.9. The van der Waals surface area contributed by atoms with Gasteiger partial charge in [-0.15, -0.1) is 0 Å². The van der Waals surface area contributed by atoms with Crippen LogP contribution in [0.5, 0.6) is 0 Å². The van der Waals surface area contributed by atoms with E-state index in [9.17, 15) is 14.3 Å². The van der Waals surface area contributed by atoms with Crippen LogP contribution in [0.2, 0.25) is 0 Å². The van der Waals surface area contributed by atoms with Crippen LogP contribution in [0.4, 0.5) is 4.39 Å². The van der Waals surface area contributed by atoms with E-state index in [4.69, 9.17) is 9.47 Å². The van der Waals surface area contributed by atoms with Gasteiger partial charge >= 0.3 is 5.97 Å². The van der Waals surface area contributed by atoms with Crippen LogP contribution in [-0.4, -0.2) is 49.5 Å². The van der Waals surface area contributed by atoms with Crippen molar-refractivity contribution >= 4 is 5.97 Å². The first-order valence-electron chi connectivity index (χ1n) is 12.6. The van der Waals surface area contributed by atoms with Gasteiger partial charge in [0.15, 0.2) is 6.29 Å². The molecule has 0 radical (unpaired) electrons. The third-order valence-corrected chi connectivity index (χ3v) is 6.53. The minimum absolute atomic E-state index is 0.00994. The SMILES string of the molecule is CCCCC[C@@H](C=C[C@H]1CC[C@H](O)[C@@H]1[C@@H](F)C=CCCCC(=O)OC)OC1CCCCO1. The first-order valence-corrected chi connectivity index (χ1v) is 12.6. The predicted molar refractivity (Wildman–Crippen MR) is 124 cm³/mol. The number of allylic oxidation sites excluding steroid dienone is 3. The minimum Gasteiger partial charge on any atom is -0.469 e. The van der Waals surface area contributed by atoms with E-state index >= 15 is 0 Å². The molecule has 0 spiro atoms. The summed E-state index contributed by atoms with van der Waals surface area (Å²) in [5, 5.41) is 10.4. The fourth-order valence-electron chi connectivity index (χ4n) is 4.61. The number of rotatable bonds is 14. The van der Waals surface area contributed by atoms with Crippen LogP contribution >= 0.6 is 0 Å². The molecule has 1 saturated heterocycles. The second-order valence-corrected chi connectivity index (χ2v) is 9.08. The molecule has 1 aliphatic carbocycles. The van der Waals surface area contributed by atoms with E-state index in [0.29, 0.717) is 25.7 Å². The van der Waals surface area contributed by atoms with Gasteiger partial charge in [-0.2, -0.15) is 0 Å². The molecular formula is C26H43FO5. The van der Waals surface area contributed by atoms with Gasteiger partial charge in [0.2, 0.25) is 0 Å². The first kappa shape index (κ1) is 27.0. The molecular weight excluding hydrogens is 411 g/mol. The number of hydrogen-bond donors (Lipinski definition) is 1. The van der Waals surface area contributed by atoms with Crippen LogP contribution < -0.4 is 0 Å². The van der Waals surface area contributed by atoms with Gasteiger partial charge in [0.1, 0.15) is 6.17 Å². The van der Waals surface area contributed by atoms with Crippen LogP contribution in [0.3, 0.4) is 0 Å². The van der Waals surface area contributed by atoms with Gasteiger partial charge in [0, 0.05) is 18.9 Å². The van der Waals surface area contributed by atoms with E-state index in [1.165, 1.54) is 7.11 Å². The normalized spacial score (nSPS) is 28.4. The summed E-state index contributed by atoms with van der Waals surface area (Å²) in [6.45, 7) is 2.94. The summed E-state index contributed by atoms with van der Waals surface area (Å²) < 4.78 is 31.6. The molecule has 0 amide bonds. The van der Waals surface area contributed by atoms with E-state index in [-0.39, 0.29) is 24.3 Å². The molecule has 1 aliphatic heterocycles. The van der Waals surface area contributed by atoms with Crippen molar-refractivity contribution in [3.05, 3.63) is 24.3 Å². The molecule has 0 aromatic carbocycles. The molecule has 0 aromatic heterocycles. The zero-order valence-electron chi connectivity index (χ0n) is 19.9. The Labute approximate surface area is 193 Å². The first-order chi connectivity index (χ1) is 15.5. The Hall–Kier alpha value is -1.24. The largest absolute Gasteiger partial charge is 0.469 e. The fraction of sp³-hybridized carbons (Fsp3) is 0.808. The van der Waals surface area contributed by atoms with E-state index in [2.05, 4.69) is 23.8 Å². The lowest BCUT2D eigenvalue weighted by Crippen LogP contribution is -2.28. The standard InChI is InChI=1S/C26H43FO5/c1-3-4-6-11-21(32-25-14-9-10-19-31-25)17-15-20-16-18-23(28)26(20)22(27)12-7-5-8-13-24(29)30-2/h7,12,15,17,20-23,25-26,28H,3-6,8-11,13-14,16,18-19H2,1-2H3/t20-,21-,22-,23-,25?,26-/m0/s1. The second-order valence-electron chi connectivity index (χ2n) is 9.08. The molecule has 0 bridgehead atoms. The number of ether oxygens (including phenoxy) is 3. The minimum atomic E-state index is -1.21. The molecule has 1 saturated carbocycles. The Morgan fingerprint density at radius 3 is 2.75 bits per heavy atom. The summed E-state index contributed by atoms with van der Waals surface area (Å²) in [6, 6.07) is 0. The lowest BCUT2D eigenvalue weighted by atomic mass is 9.89. The topological polar surface area (TPSA) is 65.0 Å². The molecule has 1 unspecified atom stereocenters. The number of unbranched alkanes of at least 4 members (excludes halogenated alkanes) is 3. The lowest BCUT2D eigenvalue weighted by molar-refractivity contribution is -0.179. The molecule has 1 N–H and O–H groups in total. The van der Waals surface area contributed by atoms with Crippen LogP contribution in [0.25, 0.3) is 0 Å². The number of aliphatic hydroxyl groups is 1. The van der Waals surface area contributed by atoms with Crippen molar-refractivity contribution in [3.63, 3.8) is 0 Å². The van der Waals surface area contributed by atoms with Crippen molar-refractivity contribution < 1.29 is 28.5 Å². The van der Waals surface area contributed by atoms with Gasteiger partial charge in [-0.1, -0.05) is 50.5 Å². The summed E-state index contributed by atoms with van der Waals surface area (Å²) in [4.78, 5) is 11.2. The second kappa shape index (κ2) is 15.6. The third kappa shape index (κ3) is 9.72. The van der Waals surface area contributed by atoms with Gasteiger partial charge < -0.3 is 19.3 Å². The van der Waals surface area contributed by atoms with Crippen LogP contribution in [-0.2, 0) is 19.0 Å². The highest BCUT2D eigenvalue weighted by Crippen LogP contribution is 2.37. The monoisotopic (exact) mass is 454 g/mol. The van der Waals surface area contributed by atoms with Crippen molar-refractivity contribution in [2.24, 2.45) is 11.8 Å². The van der Waals surface area contributed by atoms with Crippen molar-refractivity contribution in [2.75, 3.05) is 13.7 Å². The van der Waals surface area contributed by atoms with Gasteiger partial charge in [-0.3, -0.25) is 4.79 Å². The number of methoxy groups -OCH3 is 1. The smallest absolute Gasteiger partial charge is 0.305 e. The average molecular weight is 455 g/mol. The summed E-state index contributed by atoms with van der Waals surface area (Å²) in [5.41, 5.74) is 0. The molecule has 2 fully saturated rings. The molecule has 184 valence electrons. The van der Waals surface area contributed by atoms with Crippen molar-refractivity contribution in [3.8, 4) is 0 Å².